The van der Waals surface area contributed by atoms with Crippen LogP contribution in [0.2, 0.25) is 0 Å². The second-order valence-electron chi connectivity index (χ2n) is 9.74. The number of allylic oxidation sites excluding steroid dienone is 1. The Morgan fingerprint density at radius 1 is 0.706 bits per heavy atom. The predicted octanol–water partition coefficient (Wildman–Crippen LogP) is 4.50. The molecule has 0 fully saturated rings. The van der Waals surface area contributed by atoms with Gasteiger partial charge in [-0.15, -0.1) is 0 Å². The molecular formula is C27H49NO6. The average Bonchev–Trinajstić information content (AvgIpc) is 2.79. The molecule has 7 nitrogen and oxygen atoms in total. The molecule has 0 radical (unpaired) electrons. The average molecular weight is 484 g/mol. The molecule has 0 aromatic carbocycles. The standard InChI is InChI=1S/C27H49NO6/c1-5-9-10-11-12-13-14-15-16-17-18-28(19-22(6-2)25(29)30,20-23(7-3)26(31)32)21-24(8-4)27(33)34/h15-16,22-24H,5-14,17-21H2,1-4H3,(H2-,29,30,31,32,33,34)/b16-15+. The van der Waals surface area contributed by atoms with Crippen LogP contribution in [0.15, 0.2) is 12.2 Å². The van der Waals surface area contributed by atoms with Gasteiger partial charge in [0.1, 0.15) is 11.8 Å². The Morgan fingerprint density at radius 3 is 1.59 bits per heavy atom. The van der Waals surface area contributed by atoms with Crippen LogP contribution in [0.4, 0.5) is 0 Å². The van der Waals surface area contributed by atoms with Crippen LogP contribution in [0.25, 0.3) is 0 Å². The van der Waals surface area contributed by atoms with E-state index in [-0.39, 0.29) is 24.1 Å². The molecule has 0 bridgehead atoms. The number of nitrogens with zero attached hydrogens (tertiary/aromatic N) is 1. The van der Waals surface area contributed by atoms with Gasteiger partial charge in [-0.2, -0.15) is 0 Å². The van der Waals surface area contributed by atoms with Crippen molar-refractivity contribution in [3.63, 3.8) is 0 Å². The lowest BCUT2D eigenvalue weighted by molar-refractivity contribution is -0.934. The first-order chi connectivity index (χ1) is 16.2. The van der Waals surface area contributed by atoms with Gasteiger partial charge in [0, 0.05) is 12.3 Å². The van der Waals surface area contributed by atoms with Crippen molar-refractivity contribution in [2.45, 2.75) is 98.3 Å². The van der Waals surface area contributed by atoms with Gasteiger partial charge in [-0.05, 0) is 32.1 Å². The molecule has 3 atom stereocenters. The summed E-state index contributed by atoms with van der Waals surface area (Å²) in [4.78, 5) is 35.5. The molecule has 0 spiro atoms. The van der Waals surface area contributed by atoms with Gasteiger partial charge >= 0.3 is 11.9 Å². The van der Waals surface area contributed by atoms with Crippen LogP contribution in [0.5, 0.6) is 0 Å². The molecule has 0 saturated carbocycles. The third-order valence-corrected chi connectivity index (χ3v) is 6.99. The molecule has 0 saturated heterocycles. The van der Waals surface area contributed by atoms with Crippen molar-refractivity contribution in [3.8, 4) is 0 Å². The van der Waals surface area contributed by atoms with Crippen molar-refractivity contribution in [1.29, 1.82) is 0 Å². The number of quaternary nitrogens is 1. The van der Waals surface area contributed by atoms with Crippen molar-refractivity contribution >= 4 is 17.9 Å². The lowest BCUT2D eigenvalue weighted by Crippen LogP contribution is -2.59. The van der Waals surface area contributed by atoms with Crippen molar-refractivity contribution in [1.82, 2.24) is 0 Å². The third-order valence-electron chi connectivity index (χ3n) is 6.99. The number of carbonyl (C=O) groups excluding carboxylic acids is 1. The highest BCUT2D eigenvalue weighted by Crippen LogP contribution is 2.24. The van der Waals surface area contributed by atoms with Gasteiger partial charge in [0.15, 0.2) is 0 Å². The summed E-state index contributed by atoms with van der Waals surface area (Å²) in [6.07, 6.45) is 14.5. The number of carbonyl (C=O) groups is 3. The minimum Gasteiger partial charge on any atom is -0.550 e. The highest BCUT2D eigenvalue weighted by atomic mass is 16.4. The van der Waals surface area contributed by atoms with E-state index < -0.39 is 35.7 Å². The van der Waals surface area contributed by atoms with E-state index in [9.17, 15) is 29.7 Å². The lowest BCUT2D eigenvalue weighted by Gasteiger charge is -2.44. The highest BCUT2D eigenvalue weighted by Gasteiger charge is 2.38. The van der Waals surface area contributed by atoms with Gasteiger partial charge in [0.2, 0.25) is 0 Å². The van der Waals surface area contributed by atoms with Crippen LogP contribution in [0, 0.1) is 17.8 Å². The summed E-state index contributed by atoms with van der Waals surface area (Å²) in [5, 5.41) is 31.2. The largest absolute Gasteiger partial charge is 0.550 e. The second-order valence-corrected chi connectivity index (χ2v) is 9.74. The Bertz CT molecular complexity index is 558. The summed E-state index contributed by atoms with van der Waals surface area (Å²) in [5.74, 6) is -5.06. The van der Waals surface area contributed by atoms with Crippen molar-refractivity contribution in [2.24, 2.45) is 17.8 Å². The van der Waals surface area contributed by atoms with Gasteiger partial charge in [0.05, 0.1) is 32.1 Å². The van der Waals surface area contributed by atoms with Crippen LogP contribution < -0.4 is 5.11 Å². The first-order valence-electron chi connectivity index (χ1n) is 13.3. The SMILES string of the molecule is CCCCCCCC/C=C/CC[N+](CC(CC)C(=O)[O-])(CC(CC)C(=O)O)CC(CC)C(=O)O. The molecule has 0 aliphatic rings. The minimum absolute atomic E-state index is 0.170. The predicted molar refractivity (Wildman–Crippen MR) is 133 cm³/mol. The summed E-state index contributed by atoms with van der Waals surface area (Å²) < 4.78 is 0.170. The first kappa shape index (κ1) is 32.1. The van der Waals surface area contributed by atoms with Crippen LogP contribution >= 0.6 is 0 Å². The Labute approximate surface area is 206 Å². The molecule has 0 amide bonds. The number of carboxylic acid groups (broad SMARTS) is 3. The van der Waals surface area contributed by atoms with Crippen LogP contribution in [-0.2, 0) is 14.4 Å². The molecule has 0 heterocycles. The quantitative estimate of drug-likeness (QED) is 0.133. The molecule has 3 unspecified atom stereocenters. The number of carboxylic acids is 3. The first-order valence-corrected chi connectivity index (χ1v) is 13.3. The summed E-state index contributed by atoms with van der Waals surface area (Å²) in [7, 11) is 0. The topological polar surface area (TPSA) is 115 Å². The van der Waals surface area contributed by atoms with E-state index in [1.54, 1.807) is 20.8 Å². The van der Waals surface area contributed by atoms with E-state index in [1.165, 1.54) is 32.1 Å². The molecule has 7 heteroatoms. The van der Waals surface area contributed by atoms with Crippen LogP contribution in [0.3, 0.4) is 0 Å². The molecule has 0 aliphatic carbocycles. The van der Waals surface area contributed by atoms with E-state index in [4.69, 9.17) is 0 Å². The van der Waals surface area contributed by atoms with E-state index in [1.807, 2.05) is 0 Å². The van der Waals surface area contributed by atoms with Crippen LogP contribution in [0.1, 0.15) is 98.3 Å². The monoisotopic (exact) mass is 483 g/mol. The Morgan fingerprint density at radius 2 is 1.15 bits per heavy atom. The minimum atomic E-state index is -1.16. The van der Waals surface area contributed by atoms with Gasteiger partial charge in [-0.25, -0.2) is 0 Å². The number of hydrogen-bond acceptors (Lipinski definition) is 4. The van der Waals surface area contributed by atoms with E-state index in [0.717, 1.165) is 12.8 Å². The number of rotatable bonds is 22. The Kier molecular flexibility index (Phi) is 17.4. The molecule has 0 rings (SSSR count). The zero-order valence-electron chi connectivity index (χ0n) is 22.0. The maximum atomic E-state index is 11.9. The van der Waals surface area contributed by atoms with Crippen molar-refractivity contribution in [2.75, 3.05) is 26.2 Å². The number of unbranched alkanes of at least 4 members (excludes halogenated alkanes) is 6. The zero-order valence-corrected chi connectivity index (χ0v) is 22.0. The van der Waals surface area contributed by atoms with E-state index in [2.05, 4.69) is 19.1 Å². The molecule has 198 valence electrons. The highest BCUT2D eigenvalue weighted by molar-refractivity contribution is 5.70. The smallest absolute Gasteiger partial charge is 0.312 e. The van der Waals surface area contributed by atoms with Gasteiger partial charge in [0.25, 0.3) is 0 Å². The fourth-order valence-corrected chi connectivity index (χ4v) is 4.66. The van der Waals surface area contributed by atoms with Gasteiger partial charge < -0.3 is 24.6 Å². The summed E-state index contributed by atoms with van der Waals surface area (Å²) in [5.41, 5.74) is 0. The summed E-state index contributed by atoms with van der Waals surface area (Å²) in [6, 6.07) is 0. The lowest BCUT2D eigenvalue weighted by atomic mass is 9.96. The molecule has 34 heavy (non-hydrogen) atoms. The van der Waals surface area contributed by atoms with Gasteiger partial charge in [-0.1, -0.05) is 72.0 Å². The normalized spacial score (nSPS) is 16.1. The molecule has 2 N–H and O–H groups in total. The fraction of sp³-hybridized carbons (Fsp3) is 0.815. The maximum absolute atomic E-state index is 11.9. The van der Waals surface area contributed by atoms with E-state index in [0.29, 0.717) is 32.2 Å². The Hall–Kier alpha value is -1.89. The third kappa shape index (κ3) is 13.1. The molecular weight excluding hydrogens is 434 g/mol. The fourth-order valence-electron chi connectivity index (χ4n) is 4.66. The molecule has 0 aromatic rings. The summed E-state index contributed by atoms with van der Waals surface area (Å²) in [6.45, 7) is 8.75. The number of hydrogen-bond donors (Lipinski definition) is 2. The molecule has 0 aromatic heterocycles. The van der Waals surface area contributed by atoms with Crippen LogP contribution in [-0.4, -0.2) is 58.8 Å². The van der Waals surface area contributed by atoms with E-state index >= 15 is 0 Å². The number of aliphatic carboxylic acids is 3. The van der Waals surface area contributed by atoms with Crippen molar-refractivity contribution < 1.29 is 34.2 Å². The molecule has 0 aliphatic heterocycles. The zero-order chi connectivity index (χ0) is 26.0. The summed E-state index contributed by atoms with van der Waals surface area (Å²) >= 11 is 0. The Balaban J connectivity index is 5.55. The van der Waals surface area contributed by atoms with Crippen molar-refractivity contribution in [3.05, 3.63) is 12.2 Å². The van der Waals surface area contributed by atoms with Gasteiger partial charge in [-0.3, -0.25) is 9.59 Å². The maximum Gasteiger partial charge on any atom is 0.312 e. The second kappa shape index (κ2) is 18.4.